The van der Waals surface area contributed by atoms with Crippen LogP contribution in [0.15, 0.2) is 53.4 Å². The summed E-state index contributed by atoms with van der Waals surface area (Å²) in [5, 5.41) is 12.0. The van der Waals surface area contributed by atoms with Gasteiger partial charge in [-0.1, -0.05) is 38.5 Å². The zero-order chi connectivity index (χ0) is 22.4. The number of hydrogen-bond acceptors (Lipinski definition) is 5. The Bertz CT molecular complexity index is 1070. The highest BCUT2D eigenvalue weighted by Crippen LogP contribution is 2.24. The zero-order valence-corrected chi connectivity index (χ0v) is 18.6. The minimum absolute atomic E-state index is 0.157. The quantitative estimate of drug-likeness (QED) is 0.705. The van der Waals surface area contributed by atoms with Crippen molar-refractivity contribution < 1.29 is 17.9 Å². The summed E-state index contributed by atoms with van der Waals surface area (Å²) in [6.07, 6.45) is 1.89. The first-order chi connectivity index (χ1) is 14.8. The predicted octanol–water partition coefficient (Wildman–Crippen LogP) is 3.77. The minimum Gasteiger partial charge on any atom is -0.479 e. The Morgan fingerprint density at radius 2 is 1.81 bits per heavy atom. The third-order valence-electron chi connectivity index (χ3n) is 5.18. The lowest BCUT2D eigenvalue weighted by Crippen LogP contribution is -2.37. The van der Waals surface area contributed by atoms with Gasteiger partial charge in [0.1, 0.15) is 11.8 Å². The van der Waals surface area contributed by atoms with E-state index in [0.717, 1.165) is 19.3 Å². The molecule has 164 valence electrons. The maximum absolute atomic E-state index is 12.9. The molecule has 1 heterocycles. The molecule has 1 unspecified atom stereocenters. The molecule has 0 spiro atoms. The molecular weight excluding hydrogens is 414 g/mol. The Hall–Kier alpha value is -2.89. The molecule has 0 aliphatic carbocycles. The normalized spacial score (nSPS) is 15.8. The standard InChI is InChI=1S/C23H27N3O4S/c1-17(2)22(30-21-12-5-4-9-18(21)16-24)23(27)25-19-10-8-11-20(15-19)31(28,29)26-13-6-3-7-14-26/h4-5,8-12,15,17,22H,3,6-7,13-14H2,1-2H3,(H,25,27). The highest BCUT2D eigenvalue weighted by atomic mass is 32.2. The van der Waals surface area contributed by atoms with Crippen LogP contribution in [-0.4, -0.2) is 37.8 Å². The molecule has 31 heavy (non-hydrogen) atoms. The Morgan fingerprint density at radius 1 is 1.10 bits per heavy atom. The van der Waals surface area contributed by atoms with Crippen LogP contribution < -0.4 is 10.1 Å². The number of nitrogens with zero attached hydrogens (tertiary/aromatic N) is 2. The molecule has 7 nitrogen and oxygen atoms in total. The van der Waals surface area contributed by atoms with Gasteiger partial charge >= 0.3 is 0 Å². The van der Waals surface area contributed by atoms with Gasteiger partial charge in [-0.2, -0.15) is 9.57 Å². The molecular formula is C23H27N3O4S. The van der Waals surface area contributed by atoms with Gasteiger partial charge in [-0.3, -0.25) is 4.79 Å². The van der Waals surface area contributed by atoms with E-state index in [1.54, 1.807) is 42.5 Å². The number of sulfonamides is 1. The fourth-order valence-corrected chi connectivity index (χ4v) is 5.06. The first-order valence-corrected chi connectivity index (χ1v) is 11.8. The molecule has 1 aliphatic heterocycles. The summed E-state index contributed by atoms with van der Waals surface area (Å²) in [6, 6.07) is 15.1. The maximum Gasteiger partial charge on any atom is 0.265 e. The van der Waals surface area contributed by atoms with E-state index in [1.165, 1.54) is 10.4 Å². The number of amides is 1. The summed E-state index contributed by atoms with van der Waals surface area (Å²) in [5.74, 6) is -0.248. The molecule has 0 aromatic heterocycles. The number of piperidine rings is 1. The largest absolute Gasteiger partial charge is 0.479 e. The van der Waals surface area contributed by atoms with Crippen LogP contribution in [0.25, 0.3) is 0 Å². The predicted molar refractivity (Wildman–Crippen MR) is 118 cm³/mol. The fourth-order valence-electron chi connectivity index (χ4n) is 3.49. The van der Waals surface area contributed by atoms with Gasteiger partial charge in [-0.05, 0) is 49.1 Å². The number of nitriles is 1. The number of anilines is 1. The molecule has 1 saturated heterocycles. The average Bonchev–Trinajstić information content (AvgIpc) is 2.78. The van der Waals surface area contributed by atoms with E-state index in [-0.39, 0.29) is 10.8 Å². The van der Waals surface area contributed by atoms with Crippen LogP contribution in [0.1, 0.15) is 38.7 Å². The number of benzene rings is 2. The Labute approximate surface area is 183 Å². The van der Waals surface area contributed by atoms with E-state index in [1.807, 2.05) is 13.8 Å². The Morgan fingerprint density at radius 3 is 2.48 bits per heavy atom. The average molecular weight is 442 g/mol. The van der Waals surface area contributed by atoms with Gasteiger partial charge in [0, 0.05) is 18.8 Å². The van der Waals surface area contributed by atoms with Crippen molar-refractivity contribution in [3.63, 3.8) is 0 Å². The minimum atomic E-state index is -3.60. The first-order valence-electron chi connectivity index (χ1n) is 10.4. The van der Waals surface area contributed by atoms with Crippen LogP contribution in [0.3, 0.4) is 0 Å². The van der Waals surface area contributed by atoms with Crippen LogP contribution in [0, 0.1) is 17.2 Å². The van der Waals surface area contributed by atoms with E-state index in [2.05, 4.69) is 11.4 Å². The van der Waals surface area contributed by atoms with Crippen molar-refractivity contribution >= 4 is 21.6 Å². The number of hydrogen-bond donors (Lipinski definition) is 1. The van der Waals surface area contributed by atoms with Gasteiger partial charge in [0.2, 0.25) is 10.0 Å². The molecule has 0 bridgehead atoms. The van der Waals surface area contributed by atoms with Crippen LogP contribution in [0.5, 0.6) is 5.75 Å². The van der Waals surface area contributed by atoms with Crippen molar-refractivity contribution in [3.8, 4) is 11.8 Å². The van der Waals surface area contributed by atoms with Crippen LogP contribution >= 0.6 is 0 Å². The molecule has 2 aromatic rings. The lowest BCUT2D eigenvalue weighted by molar-refractivity contribution is -0.124. The van der Waals surface area contributed by atoms with E-state index in [0.29, 0.717) is 30.1 Å². The van der Waals surface area contributed by atoms with E-state index >= 15 is 0 Å². The summed E-state index contributed by atoms with van der Waals surface area (Å²) < 4.78 is 33.2. The number of para-hydroxylation sites is 1. The molecule has 1 fully saturated rings. The SMILES string of the molecule is CC(C)C(Oc1ccccc1C#N)C(=O)Nc1cccc(S(=O)(=O)N2CCCCC2)c1. The van der Waals surface area contributed by atoms with Gasteiger partial charge in [0.25, 0.3) is 5.91 Å². The number of ether oxygens (including phenoxy) is 1. The van der Waals surface area contributed by atoms with Crippen molar-refractivity contribution in [1.82, 2.24) is 4.31 Å². The van der Waals surface area contributed by atoms with Crippen molar-refractivity contribution in [3.05, 3.63) is 54.1 Å². The monoisotopic (exact) mass is 441 g/mol. The third kappa shape index (κ3) is 5.43. The molecule has 1 N–H and O–H groups in total. The number of carbonyl (C=O) groups is 1. The zero-order valence-electron chi connectivity index (χ0n) is 17.7. The lowest BCUT2D eigenvalue weighted by atomic mass is 10.1. The molecule has 0 radical (unpaired) electrons. The Kier molecular flexibility index (Phi) is 7.31. The lowest BCUT2D eigenvalue weighted by Gasteiger charge is -2.26. The molecule has 1 amide bonds. The fraction of sp³-hybridized carbons (Fsp3) is 0.391. The van der Waals surface area contributed by atoms with Crippen molar-refractivity contribution in [2.75, 3.05) is 18.4 Å². The van der Waals surface area contributed by atoms with E-state index < -0.39 is 22.0 Å². The van der Waals surface area contributed by atoms with Crippen molar-refractivity contribution in [2.24, 2.45) is 5.92 Å². The van der Waals surface area contributed by atoms with E-state index in [4.69, 9.17) is 4.74 Å². The third-order valence-corrected chi connectivity index (χ3v) is 7.07. The maximum atomic E-state index is 12.9. The van der Waals surface area contributed by atoms with E-state index in [9.17, 15) is 18.5 Å². The molecule has 0 saturated carbocycles. The number of rotatable bonds is 7. The summed E-state index contributed by atoms with van der Waals surface area (Å²) in [4.78, 5) is 13.1. The highest BCUT2D eigenvalue weighted by molar-refractivity contribution is 7.89. The van der Waals surface area contributed by atoms with Gasteiger partial charge in [-0.15, -0.1) is 0 Å². The van der Waals surface area contributed by atoms with Gasteiger partial charge < -0.3 is 10.1 Å². The topological polar surface area (TPSA) is 99.5 Å². The number of nitrogens with one attached hydrogen (secondary N) is 1. The highest BCUT2D eigenvalue weighted by Gasteiger charge is 2.28. The summed E-state index contributed by atoms with van der Waals surface area (Å²) in [6.45, 7) is 4.72. The van der Waals surface area contributed by atoms with Crippen LogP contribution in [0.4, 0.5) is 5.69 Å². The summed E-state index contributed by atoms with van der Waals surface area (Å²) >= 11 is 0. The van der Waals surface area contributed by atoms with Crippen LogP contribution in [-0.2, 0) is 14.8 Å². The first kappa shape index (κ1) is 22.8. The van der Waals surface area contributed by atoms with Crippen molar-refractivity contribution in [2.45, 2.75) is 44.1 Å². The number of carbonyl (C=O) groups excluding carboxylic acids is 1. The second-order valence-electron chi connectivity index (χ2n) is 7.87. The van der Waals surface area contributed by atoms with Gasteiger partial charge in [0.15, 0.2) is 6.10 Å². The summed E-state index contributed by atoms with van der Waals surface area (Å²) in [7, 11) is -3.60. The van der Waals surface area contributed by atoms with Crippen LogP contribution in [0.2, 0.25) is 0 Å². The van der Waals surface area contributed by atoms with Gasteiger partial charge in [-0.25, -0.2) is 8.42 Å². The molecule has 2 aromatic carbocycles. The second-order valence-corrected chi connectivity index (χ2v) is 9.81. The second kappa shape index (κ2) is 9.94. The molecule has 8 heteroatoms. The summed E-state index contributed by atoms with van der Waals surface area (Å²) in [5.41, 5.74) is 0.724. The molecule has 1 atom stereocenters. The van der Waals surface area contributed by atoms with Crippen molar-refractivity contribution in [1.29, 1.82) is 5.26 Å². The van der Waals surface area contributed by atoms with Gasteiger partial charge in [0.05, 0.1) is 10.5 Å². The molecule has 1 aliphatic rings. The Balaban J connectivity index is 1.78. The smallest absolute Gasteiger partial charge is 0.265 e. The molecule has 3 rings (SSSR count).